The van der Waals surface area contributed by atoms with E-state index in [9.17, 15) is 4.79 Å². The molecule has 1 rings (SSSR count). The average molecular weight is 284 g/mol. The minimum Gasteiger partial charge on any atom is -0.396 e. The van der Waals surface area contributed by atoms with Gasteiger partial charge in [0, 0.05) is 19.3 Å². The van der Waals surface area contributed by atoms with Gasteiger partial charge in [0.1, 0.15) is 0 Å². The number of carbonyl (C=O) groups excluding carboxylic acids is 1. The van der Waals surface area contributed by atoms with Gasteiger partial charge in [0.25, 0.3) is 5.91 Å². The molecule has 0 aliphatic heterocycles. The molecule has 3 N–H and O–H groups in total. The minimum atomic E-state index is -0.172. The number of hydrogen-bond donors (Lipinski definition) is 2. The summed E-state index contributed by atoms with van der Waals surface area (Å²) in [5, 5.41) is 7.01. The molecule has 0 fully saturated rings. The number of rotatable bonds is 9. The predicted octanol–water partition coefficient (Wildman–Crippen LogP) is 2.14. The molecule has 0 radical (unpaired) electrons. The van der Waals surface area contributed by atoms with Crippen LogP contribution < -0.4 is 11.1 Å². The smallest absolute Gasteiger partial charge is 0.273 e. The van der Waals surface area contributed by atoms with Crippen LogP contribution in [0.3, 0.4) is 0 Å². The second-order valence-corrected chi connectivity index (χ2v) is 5.44. The minimum absolute atomic E-state index is 0.172. The van der Waals surface area contributed by atoms with Crippen molar-refractivity contribution in [1.82, 2.24) is 15.1 Å². The molecule has 0 spiro atoms. The maximum absolute atomic E-state index is 11.9. The maximum atomic E-state index is 11.9. The van der Waals surface area contributed by atoms with Crippen molar-refractivity contribution in [2.75, 3.05) is 24.3 Å². The first-order valence-corrected chi connectivity index (χ1v) is 8.18. The molecule has 108 valence electrons. The van der Waals surface area contributed by atoms with Gasteiger partial charge in [-0.15, -0.1) is 0 Å². The first-order valence-electron chi connectivity index (χ1n) is 6.79. The lowest BCUT2D eigenvalue weighted by atomic mass is 10.2. The molecule has 0 saturated heterocycles. The third-order valence-corrected chi connectivity index (χ3v) is 3.59. The van der Waals surface area contributed by atoms with E-state index in [1.807, 2.05) is 18.7 Å². The molecule has 1 aromatic rings. The van der Waals surface area contributed by atoms with Crippen LogP contribution in [0.2, 0.25) is 0 Å². The van der Waals surface area contributed by atoms with E-state index in [0.29, 0.717) is 24.5 Å². The lowest BCUT2D eigenvalue weighted by Crippen LogP contribution is -2.25. The van der Waals surface area contributed by atoms with Gasteiger partial charge in [-0.1, -0.05) is 12.8 Å². The number of nitrogens with one attached hydrogen (secondary N) is 1. The van der Waals surface area contributed by atoms with Crippen molar-refractivity contribution < 1.29 is 4.79 Å². The quantitative estimate of drug-likeness (QED) is 0.681. The lowest BCUT2D eigenvalue weighted by Gasteiger charge is -2.03. The Morgan fingerprint density at radius 1 is 1.42 bits per heavy atom. The van der Waals surface area contributed by atoms with Crippen molar-refractivity contribution in [3.63, 3.8) is 0 Å². The number of hydrogen-bond acceptors (Lipinski definition) is 4. The van der Waals surface area contributed by atoms with Gasteiger partial charge in [-0.3, -0.25) is 9.48 Å². The van der Waals surface area contributed by atoms with Crippen LogP contribution in [0.25, 0.3) is 0 Å². The Labute approximate surface area is 119 Å². The van der Waals surface area contributed by atoms with E-state index < -0.39 is 0 Å². The van der Waals surface area contributed by atoms with Crippen molar-refractivity contribution in [1.29, 1.82) is 0 Å². The summed E-state index contributed by atoms with van der Waals surface area (Å²) in [6.45, 7) is 3.37. The van der Waals surface area contributed by atoms with Gasteiger partial charge in [0.15, 0.2) is 5.69 Å². The summed E-state index contributed by atoms with van der Waals surface area (Å²) in [6, 6.07) is 0. The van der Waals surface area contributed by atoms with Crippen LogP contribution in [0.15, 0.2) is 6.20 Å². The zero-order valence-corrected chi connectivity index (χ0v) is 12.6. The van der Waals surface area contributed by atoms with Crippen molar-refractivity contribution in [3.05, 3.63) is 11.9 Å². The van der Waals surface area contributed by atoms with Gasteiger partial charge in [-0.2, -0.15) is 16.9 Å². The highest BCUT2D eigenvalue weighted by atomic mass is 32.2. The number of aromatic nitrogens is 2. The van der Waals surface area contributed by atoms with Gasteiger partial charge in [0.05, 0.1) is 5.69 Å². The van der Waals surface area contributed by atoms with E-state index in [1.165, 1.54) is 18.6 Å². The second-order valence-electron chi connectivity index (χ2n) is 4.45. The molecule has 5 nitrogen and oxygen atoms in total. The number of nitrogen functional groups attached to an aromatic ring is 1. The standard InChI is InChI=1S/C13H24N4OS/c1-3-17-10-11(14)12(16-17)13(18)15-8-6-4-5-7-9-19-2/h10H,3-9,14H2,1-2H3,(H,15,18). The summed E-state index contributed by atoms with van der Waals surface area (Å²) in [4.78, 5) is 11.9. The molecule has 1 aromatic heterocycles. The Kier molecular flexibility index (Phi) is 7.40. The van der Waals surface area contributed by atoms with Crippen LogP contribution in [0.5, 0.6) is 0 Å². The predicted molar refractivity (Wildman–Crippen MR) is 81.5 cm³/mol. The zero-order chi connectivity index (χ0) is 14.1. The van der Waals surface area contributed by atoms with E-state index in [4.69, 9.17) is 5.73 Å². The number of carbonyl (C=O) groups is 1. The molecule has 0 unspecified atom stereocenters. The van der Waals surface area contributed by atoms with Crippen molar-refractivity contribution in [2.45, 2.75) is 39.2 Å². The number of nitrogens with two attached hydrogens (primary N) is 1. The Balaban J connectivity index is 2.22. The highest BCUT2D eigenvalue weighted by Crippen LogP contribution is 2.09. The largest absolute Gasteiger partial charge is 0.396 e. The van der Waals surface area contributed by atoms with E-state index in [1.54, 1.807) is 10.9 Å². The Morgan fingerprint density at radius 2 is 2.16 bits per heavy atom. The molecule has 0 aliphatic rings. The van der Waals surface area contributed by atoms with Gasteiger partial charge in [0.2, 0.25) is 0 Å². The number of unbranched alkanes of at least 4 members (excludes halogenated alkanes) is 3. The number of thioether (sulfide) groups is 1. The molecule has 0 aromatic carbocycles. The van der Waals surface area contributed by atoms with Crippen molar-refractivity contribution in [3.8, 4) is 0 Å². The number of anilines is 1. The second kappa shape index (κ2) is 8.85. The van der Waals surface area contributed by atoms with Crippen LogP contribution in [0.4, 0.5) is 5.69 Å². The molecule has 0 bridgehead atoms. The van der Waals surface area contributed by atoms with Gasteiger partial charge in [-0.05, 0) is 31.8 Å². The average Bonchev–Trinajstić information content (AvgIpc) is 2.79. The molecule has 19 heavy (non-hydrogen) atoms. The SMILES string of the molecule is CCn1cc(N)c(C(=O)NCCCCCCSC)n1. The summed E-state index contributed by atoms with van der Waals surface area (Å²) < 4.78 is 1.67. The Bertz CT molecular complexity index is 392. The highest BCUT2D eigenvalue weighted by Gasteiger charge is 2.13. The Hall–Kier alpha value is -1.17. The molecular formula is C13H24N4OS. The third kappa shape index (κ3) is 5.55. The Morgan fingerprint density at radius 3 is 2.79 bits per heavy atom. The van der Waals surface area contributed by atoms with Crippen LogP contribution in [0.1, 0.15) is 43.1 Å². The first-order chi connectivity index (χ1) is 9.19. The number of nitrogens with zero attached hydrogens (tertiary/aromatic N) is 2. The summed E-state index contributed by atoms with van der Waals surface area (Å²) in [7, 11) is 0. The summed E-state index contributed by atoms with van der Waals surface area (Å²) in [5.74, 6) is 1.05. The fourth-order valence-corrected chi connectivity index (χ4v) is 2.28. The number of amides is 1. The lowest BCUT2D eigenvalue weighted by molar-refractivity contribution is 0.0948. The normalized spacial score (nSPS) is 10.6. The van der Waals surface area contributed by atoms with E-state index in [2.05, 4.69) is 16.7 Å². The van der Waals surface area contributed by atoms with Crippen molar-refractivity contribution >= 4 is 23.4 Å². The molecule has 1 amide bonds. The van der Waals surface area contributed by atoms with Crippen molar-refractivity contribution in [2.24, 2.45) is 0 Å². The molecule has 1 heterocycles. The van der Waals surface area contributed by atoms with Crippen LogP contribution in [-0.4, -0.2) is 34.2 Å². The topological polar surface area (TPSA) is 72.9 Å². The van der Waals surface area contributed by atoms with E-state index in [-0.39, 0.29) is 5.91 Å². The van der Waals surface area contributed by atoms with E-state index in [0.717, 1.165) is 12.8 Å². The van der Waals surface area contributed by atoms with Gasteiger partial charge in [-0.25, -0.2) is 0 Å². The highest BCUT2D eigenvalue weighted by molar-refractivity contribution is 7.98. The zero-order valence-electron chi connectivity index (χ0n) is 11.8. The van der Waals surface area contributed by atoms with Crippen LogP contribution in [-0.2, 0) is 6.54 Å². The molecule has 0 atom stereocenters. The summed E-state index contributed by atoms with van der Waals surface area (Å²) in [6.07, 6.45) is 8.46. The van der Waals surface area contributed by atoms with Gasteiger partial charge < -0.3 is 11.1 Å². The molecule has 0 saturated carbocycles. The first kappa shape index (κ1) is 15.9. The van der Waals surface area contributed by atoms with Crippen LogP contribution in [0, 0.1) is 0 Å². The van der Waals surface area contributed by atoms with Crippen LogP contribution >= 0.6 is 11.8 Å². The monoisotopic (exact) mass is 284 g/mol. The maximum Gasteiger partial charge on any atom is 0.273 e. The fourth-order valence-electron chi connectivity index (χ4n) is 1.79. The fraction of sp³-hybridized carbons (Fsp3) is 0.692. The molecule has 0 aliphatic carbocycles. The molecular weight excluding hydrogens is 260 g/mol. The molecule has 6 heteroatoms. The van der Waals surface area contributed by atoms with Gasteiger partial charge >= 0.3 is 0 Å². The third-order valence-electron chi connectivity index (χ3n) is 2.89. The summed E-state index contributed by atoms with van der Waals surface area (Å²) >= 11 is 1.88. The number of aryl methyl sites for hydroxylation is 1. The van der Waals surface area contributed by atoms with E-state index >= 15 is 0 Å². The summed E-state index contributed by atoms with van der Waals surface area (Å²) in [5.41, 5.74) is 6.54.